The smallest absolute Gasteiger partial charge is 0.00963 e. The maximum absolute atomic E-state index is 3.45. The number of nitrogens with zero attached hydrogens (tertiary/aromatic N) is 1. The second-order valence-electron chi connectivity index (χ2n) is 6.90. The largest absolute Gasteiger partial charge is 0.317 e. The van der Waals surface area contributed by atoms with Crippen LogP contribution in [0.3, 0.4) is 0 Å². The van der Waals surface area contributed by atoms with Gasteiger partial charge in [0.2, 0.25) is 0 Å². The molecule has 2 rings (SSSR count). The predicted octanol–water partition coefficient (Wildman–Crippen LogP) is 3.81. The highest BCUT2D eigenvalue weighted by Crippen LogP contribution is 2.31. The van der Waals surface area contributed by atoms with Gasteiger partial charge in [0.1, 0.15) is 0 Å². The topological polar surface area (TPSA) is 15.3 Å². The number of nitrogens with one attached hydrogen (secondary N) is 1. The van der Waals surface area contributed by atoms with Crippen molar-refractivity contribution in [1.29, 1.82) is 0 Å². The van der Waals surface area contributed by atoms with Crippen LogP contribution in [0.15, 0.2) is 0 Å². The Hall–Kier alpha value is -0.0800. The van der Waals surface area contributed by atoms with E-state index in [2.05, 4.69) is 31.2 Å². The van der Waals surface area contributed by atoms with Crippen molar-refractivity contribution in [3.63, 3.8) is 0 Å². The molecule has 0 amide bonds. The third-order valence-corrected chi connectivity index (χ3v) is 5.89. The zero-order valence-corrected chi connectivity index (χ0v) is 13.3. The molecule has 0 heterocycles. The van der Waals surface area contributed by atoms with Crippen LogP contribution in [-0.2, 0) is 0 Å². The van der Waals surface area contributed by atoms with E-state index in [-0.39, 0.29) is 0 Å². The molecule has 2 heteroatoms. The van der Waals surface area contributed by atoms with Crippen molar-refractivity contribution in [3.05, 3.63) is 0 Å². The average molecular weight is 266 g/mol. The third-order valence-electron chi connectivity index (χ3n) is 5.89. The van der Waals surface area contributed by atoms with Gasteiger partial charge in [-0.25, -0.2) is 0 Å². The summed E-state index contributed by atoms with van der Waals surface area (Å²) < 4.78 is 0. The van der Waals surface area contributed by atoms with Crippen LogP contribution < -0.4 is 5.32 Å². The van der Waals surface area contributed by atoms with Crippen LogP contribution in [-0.4, -0.2) is 37.1 Å². The highest BCUT2D eigenvalue weighted by molar-refractivity contribution is 4.85. The van der Waals surface area contributed by atoms with Crippen molar-refractivity contribution < 1.29 is 0 Å². The lowest BCUT2D eigenvalue weighted by Crippen LogP contribution is -2.44. The molecule has 2 aliphatic carbocycles. The van der Waals surface area contributed by atoms with Gasteiger partial charge in [-0.3, -0.25) is 0 Å². The van der Waals surface area contributed by atoms with E-state index in [0.29, 0.717) is 0 Å². The molecule has 2 fully saturated rings. The molecule has 0 saturated heterocycles. The van der Waals surface area contributed by atoms with E-state index in [1.165, 1.54) is 64.2 Å². The number of hydrogen-bond donors (Lipinski definition) is 1. The molecule has 1 N–H and O–H groups in total. The molecule has 2 unspecified atom stereocenters. The zero-order chi connectivity index (χ0) is 13.7. The fraction of sp³-hybridized carbons (Fsp3) is 1.00. The summed E-state index contributed by atoms with van der Waals surface area (Å²) in [4.78, 5) is 2.75. The van der Waals surface area contributed by atoms with E-state index in [0.717, 1.165) is 24.0 Å². The van der Waals surface area contributed by atoms with Crippen molar-refractivity contribution in [1.82, 2.24) is 10.2 Å². The van der Waals surface area contributed by atoms with E-state index in [1.54, 1.807) is 0 Å². The Bertz CT molecular complexity index is 246. The van der Waals surface area contributed by atoms with E-state index >= 15 is 0 Å². The van der Waals surface area contributed by atoms with Crippen molar-refractivity contribution in [2.24, 2.45) is 5.92 Å². The average Bonchev–Trinajstić information content (AvgIpc) is 2.72. The molecule has 0 aliphatic heterocycles. The van der Waals surface area contributed by atoms with Gasteiger partial charge in [0.25, 0.3) is 0 Å². The van der Waals surface area contributed by atoms with Gasteiger partial charge in [-0.1, -0.05) is 26.2 Å². The quantitative estimate of drug-likeness (QED) is 0.779. The standard InChI is InChI=1S/C17H34N2/c1-4-14-6-5-7-16(11-8-14)19(3)17-12-9-15(18-2)10-13-17/h14-18H,4-13H2,1-3H3. The monoisotopic (exact) mass is 266 g/mol. The van der Waals surface area contributed by atoms with E-state index in [9.17, 15) is 0 Å². The Morgan fingerprint density at radius 2 is 1.53 bits per heavy atom. The normalized spacial score (nSPS) is 37.3. The van der Waals surface area contributed by atoms with Gasteiger partial charge in [-0.2, -0.15) is 0 Å². The third kappa shape index (κ3) is 4.19. The lowest BCUT2D eigenvalue weighted by atomic mass is 9.89. The minimum Gasteiger partial charge on any atom is -0.317 e. The maximum atomic E-state index is 3.45. The second-order valence-corrected chi connectivity index (χ2v) is 6.90. The van der Waals surface area contributed by atoms with E-state index in [1.807, 2.05) is 0 Å². The molecule has 2 atom stereocenters. The van der Waals surface area contributed by atoms with Gasteiger partial charge in [0.15, 0.2) is 0 Å². The van der Waals surface area contributed by atoms with Crippen LogP contribution in [0.2, 0.25) is 0 Å². The molecule has 2 saturated carbocycles. The van der Waals surface area contributed by atoms with Crippen LogP contribution in [0.25, 0.3) is 0 Å². The molecular weight excluding hydrogens is 232 g/mol. The summed E-state index contributed by atoms with van der Waals surface area (Å²) in [5.74, 6) is 1.01. The first-order valence-corrected chi connectivity index (χ1v) is 8.63. The maximum Gasteiger partial charge on any atom is 0.00963 e. The summed E-state index contributed by atoms with van der Waals surface area (Å²) in [6.07, 6.45) is 14.2. The highest BCUT2D eigenvalue weighted by atomic mass is 15.2. The first-order chi connectivity index (χ1) is 9.24. The molecule has 0 aromatic carbocycles. The van der Waals surface area contributed by atoms with E-state index in [4.69, 9.17) is 0 Å². The van der Waals surface area contributed by atoms with Crippen LogP contribution in [0.4, 0.5) is 0 Å². The van der Waals surface area contributed by atoms with Gasteiger partial charge in [0, 0.05) is 18.1 Å². The molecule has 0 radical (unpaired) electrons. The number of hydrogen-bond acceptors (Lipinski definition) is 2. The van der Waals surface area contributed by atoms with Crippen molar-refractivity contribution in [2.75, 3.05) is 14.1 Å². The van der Waals surface area contributed by atoms with Crippen molar-refractivity contribution in [2.45, 2.75) is 89.3 Å². The van der Waals surface area contributed by atoms with Crippen molar-refractivity contribution in [3.8, 4) is 0 Å². The van der Waals surface area contributed by atoms with E-state index < -0.39 is 0 Å². The summed E-state index contributed by atoms with van der Waals surface area (Å²) in [6, 6.07) is 2.50. The minimum absolute atomic E-state index is 0.781. The van der Waals surface area contributed by atoms with Gasteiger partial charge >= 0.3 is 0 Å². The summed E-state index contributed by atoms with van der Waals surface area (Å²) in [6.45, 7) is 2.37. The fourth-order valence-corrected chi connectivity index (χ4v) is 4.24. The second kappa shape index (κ2) is 7.64. The Morgan fingerprint density at radius 3 is 2.16 bits per heavy atom. The summed E-state index contributed by atoms with van der Waals surface area (Å²) in [7, 11) is 4.52. The fourth-order valence-electron chi connectivity index (χ4n) is 4.24. The predicted molar refractivity (Wildman–Crippen MR) is 83.5 cm³/mol. The van der Waals surface area contributed by atoms with Crippen LogP contribution in [0, 0.1) is 5.92 Å². The lowest BCUT2D eigenvalue weighted by molar-refractivity contribution is 0.117. The summed E-state index contributed by atoms with van der Waals surface area (Å²) in [5.41, 5.74) is 0. The molecule has 19 heavy (non-hydrogen) atoms. The van der Waals surface area contributed by atoms with Crippen LogP contribution >= 0.6 is 0 Å². The molecule has 112 valence electrons. The molecule has 0 aromatic heterocycles. The SMILES string of the molecule is CCC1CCCC(N(C)C2CCC(NC)CC2)CC1. The van der Waals surface area contributed by atoms with Gasteiger partial charge in [0.05, 0.1) is 0 Å². The highest BCUT2D eigenvalue weighted by Gasteiger charge is 2.28. The summed E-state index contributed by atoms with van der Waals surface area (Å²) in [5, 5.41) is 3.45. The molecule has 2 aliphatic rings. The zero-order valence-electron chi connectivity index (χ0n) is 13.3. The molecule has 2 nitrogen and oxygen atoms in total. The van der Waals surface area contributed by atoms with Gasteiger partial charge in [-0.15, -0.1) is 0 Å². The molecule has 0 bridgehead atoms. The Labute approximate surface area is 120 Å². The Kier molecular flexibility index (Phi) is 6.15. The van der Waals surface area contributed by atoms with Gasteiger partial charge < -0.3 is 10.2 Å². The van der Waals surface area contributed by atoms with Gasteiger partial charge in [-0.05, 0) is 65.0 Å². The Balaban J connectivity index is 1.80. The number of rotatable bonds is 4. The first-order valence-electron chi connectivity index (χ1n) is 8.63. The van der Waals surface area contributed by atoms with Crippen LogP contribution in [0.1, 0.15) is 71.1 Å². The summed E-state index contributed by atoms with van der Waals surface area (Å²) >= 11 is 0. The van der Waals surface area contributed by atoms with Crippen LogP contribution in [0.5, 0.6) is 0 Å². The Morgan fingerprint density at radius 1 is 0.895 bits per heavy atom. The molecule has 0 spiro atoms. The van der Waals surface area contributed by atoms with Crippen molar-refractivity contribution >= 4 is 0 Å². The molecule has 0 aromatic rings. The first kappa shape index (κ1) is 15.3. The molecular formula is C17H34N2. The lowest BCUT2D eigenvalue weighted by Gasteiger charge is -2.39. The minimum atomic E-state index is 0.781.